The Morgan fingerprint density at radius 3 is 2.78 bits per heavy atom. The van der Waals surface area contributed by atoms with Gasteiger partial charge in [-0.2, -0.15) is 0 Å². The van der Waals surface area contributed by atoms with Crippen LogP contribution in [0.4, 0.5) is 4.39 Å². The highest BCUT2D eigenvalue weighted by Gasteiger charge is 2.14. The molecule has 18 heavy (non-hydrogen) atoms. The van der Waals surface area contributed by atoms with Crippen molar-refractivity contribution in [3.05, 3.63) is 34.1 Å². The van der Waals surface area contributed by atoms with E-state index in [0.29, 0.717) is 16.4 Å². The van der Waals surface area contributed by atoms with E-state index in [4.69, 9.17) is 4.74 Å². The summed E-state index contributed by atoms with van der Waals surface area (Å²) in [6, 6.07) is 5.50. The fraction of sp³-hybridized carbons (Fsp3) is 0.571. The van der Waals surface area contributed by atoms with Crippen LogP contribution >= 0.6 is 15.9 Å². The van der Waals surface area contributed by atoms with Crippen molar-refractivity contribution in [2.45, 2.75) is 25.8 Å². The third-order valence-corrected chi connectivity index (χ3v) is 3.93. The Morgan fingerprint density at radius 1 is 1.44 bits per heavy atom. The molecule has 0 aliphatic rings. The fourth-order valence-corrected chi connectivity index (χ4v) is 2.54. The molecule has 1 rings (SSSR count). The first-order valence-corrected chi connectivity index (χ1v) is 6.96. The summed E-state index contributed by atoms with van der Waals surface area (Å²) in [7, 11) is 3.66. The lowest BCUT2D eigenvalue weighted by atomic mass is 9.96. The minimum atomic E-state index is -0.202. The molecule has 1 aromatic rings. The molecule has 0 aliphatic carbocycles. The molecule has 4 heteroatoms. The molecule has 0 spiro atoms. The first-order valence-electron chi connectivity index (χ1n) is 6.17. The van der Waals surface area contributed by atoms with Gasteiger partial charge in [-0.3, -0.25) is 0 Å². The van der Waals surface area contributed by atoms with Gasteiger partial charge in [-0.25, -0.2) is 4.39 Å². The molecule has 2 atom stereocenters. The van der Waals surface area contributed by atoms with E-state index < -0.39 is 0 Å². The summed E-state index contributed by atoms with van der Waals surface area (Å²) < 4.78 is 19.1. The maximum absolute atomic E-state index is 13.4. The lowest BCUT2D eigenvalue weighted by molar-refractivity contribution is 0.150. The van der Waals surface area contributed by atoms with E-state index in [1.165, 1.54) is 6.07 Å². The van der Waals surface area contributed by atoms with Gasteiger partial charge in [0.25, 0.3) is 0 Å². The van der Waals surface area contributed by atoms with E-state index in [2.05, 4.69) is 28.2 Å². The second-order valence-corrected chi connectivity index (χ2v) is 5.49. The van der Waals surface area contributed by atoms with Gasteiger partial charge < -0.3 is 10.1 Å². The Balaban J connectivity index is 2.65. The van der Waals surface area contributed by atoms with Crippen molar-refractivity contribution < 1.29 is 9.13 Å². The highest BCUT2D eigenvalue weighted by Crippen LogP contribution is 2.23. The number of likely N-dealkylation sites (N-methyl/N-ethyl adjacent to an activating group) is 1. The van der Waals surface area contributed by atoms with E-state index >= 15 is 0 Å². The van der Waals surface area contributed by atoms with E-state index in [1.807, 2.05) is 13.1 Å². The first-order chi connectivity index (χ1) is 8.58. The highest BCUT2D eigenvalue weighted by atomic mass is 79.9. The van der Waals surface area contributed by atoms with Crippen LogP contribution in [0.3, 0.4) is 0 Å². The van der Waals surface area contributed by atoms with Crippen molar-refractivity contribution in [3.63, 3.8) is 0 Å². The molecule has 0 aromatic heterocycles. The lowest BCUT2D eigenvalue weighted by Gasteiger charge is -2.21. The molecule has 0 aliphatic heterocycles. The first kappa shape index (κ1) is 15.6. The summed E-state index contributed by atoms with van der Waals surface area (Å²) in [5.41, 5.74) is 0.999. The molecule has 0 fully saturated rings. The van der Waals surface area contributed by atoms with Crippen LogP contribution < -0.4 is 5.32 Å². The summed E-state index contributed by atoms with van der Waals surface area (Å²) in [6.45, 7) is 2.91. The van der Waals surface area contributed by atoms with Crippen LogP contribution in [0.5, 0.6) is 0 Å². The second kappa shape index (κ2) is 7.87. The van der Waals surface area contributed by atoms with Crippen LogP contribution in [-0.2, 0) is 11.2 Å². The molecule has 0 saturated heterocycles. The number of methoxy groups -OCH3 is 1. The van der Waals surface area contributed by atoms with Crippen molar-refractivity contribution in [2.24, 2.45) is 5.92 Å². The summed E-state index contributed by atoms with van der Waals surface area (Å²) in [5.74, 6) is 0.284. The average Bonchev–Trinajstić information content (AvgIpc) is 2.34. The topological polar surface area (TPSA) is 21.3 Å². The quantitative estimate of drug-likeness (QED) is 0.832. The van der Waals surface area contributed by atoms with Crippen molar-refractivity contribution in [3.8, 4) is 0 Å². The minimum absolute atomic E-state index is 0.202. The molecule has 0 radical (unpaired) electrons. The number of hydrogen-bond donors (Lipinski definition) is 1. The van der Waals surface area contributed by atoms with Gasteiger partial charge in [0, 0.05) is 19.8 Å². The Morgan fingerprint density at radius 2 is 2.17 bits per heavy atom. The molecule has 1 N–H and O–H groups in total. The molecule has 0 heterocycles. The highest BCUT2D eigenvalue weighted by molar-refractivity contribution is 9.10. The molecule has 0 amide bonds. The van der Waals surface area contributed by atoms with Gasteiger partial charge in [0.15, 0.2) is 0 Å². The van der Waals surface area contributed by atoms with Crippen LogP contribution in [0.25, 0.3) is 0 Å². The SMILES string of the molecule is CNC(Cc1cccc(F)c1Br)CC(C)COC. The van der Waals surface area contributed by atoms with Gasteiger partial charge in [0.05, 0.1) is 4.47 Å². The third kappa shape index (κ3) is 4.67. The summed E-state index contributed by atoms with van der Waals surface area (Å²) in [4.78, 5) is 0. The largest absolute Gasteiger partial charge is 0.384 e. The van der Waals surface area contributed by atoms with E-state index in [0.717, 1.165) is 25.0 Å². The normalized spacial score (nSPS) is 14.5. The average molecular weight is 318 g/mol. The standard InChI is InChI=1S/C14H21BrFNO/c1-10(9-18-3)7-12(17-2)8-11-5-4-6-13(16)14(11)15/h4-6,10,12,17H,7-9H2,1-3H3. The second-order valence-electron chi connectivity index (χ2n) is 4.70. The monoisotopic (exact) mass is 317 g/mol. The Kier molecular flexibility index (Phi) is 6.82. The maximum atomic E-state index is 13.4. The van der Waals surface area contributed by atoms with E-state index in [-0.39, 0.29) is 5.82 Å². The number of nitrogens with one attached hydrogen (secondary N) is 1. The van der Waals surface area contributed by atoms with Crippen LogP contribution in [0, 0.1) is 11.7 Å². The van der Waals surface area contributed by atoms with Crippen molar-refractivity contribution >= 4 is 15.9 Å². The van der Waals surface area contributed by atoms with Crippen molar-refractivity contribution in [1.29, 1.82) is 0 Å². The van der Waals surface area contributed by atoms with Crippen LogP contribution in [0.15, 0.2) is 22.7 Å². The zero-order chi connectivity index (χ0) is 13.5. The minimum Gasteiger partial charge on any atom is -0.384 e. The zero-order valence-electron chi connectivity index (χ0n) is 11.2. The molecular weight excluding hydrogens is 297 g/mol. The summed E-state index contributed by atoms with van der Waals surface area (Å²) >= 11 is 3.31. The number of rotatable bonds is 7. The van der Waals surface area contributed by atoms with Gasteiger partial charge in [0.2, 0.25) is 0 Å². The van der Waals surface area contributed by atoms with E-state index in [9.17, 15) is 4.39 Å². The van der Waals surface area contributed by atoms with Crippen LogP contribution in [0.1, 0.15) is 18.9 Å². The molecule has 0 bridgehead atoms. The lowest BCUT2D eigenvalue weighted by Crippen LogP contribution is -2.30. The number of benzene rings is 1. The molecule has 102 valence electrons. The van der Waals surface area contributed by atoms with Gasteiger partial charge in [0.1, 0.15) is 5.82 Å². The molecule has 2 nitrogen and oxygen atoms in total. The van der Waals surface area contributed by atoms with Gasteiger partial charge in [-0.05, 0) is 53.4 Å². The third-order valence-electron chi connectivity index (χ3n) is 3.04. The van der Waals surface area contributed by atoms with Crippen LogP contribution in [-0.4, -0.2) is 26.8 Å². The molecular formula is C14H21BrFNO. The smallest absolute Gasteiger partial charge is 0.137 e. The van der Waals surface area contributed by atoms with Gasteiger partial charge >= 0.3 is 0 Å². The molecule has 2 unspecified atom stereocenters. The Hall–Kier alpha value is -0.450. The fourth-order valence-electron chi connectivity index (χ4n) is 2.11. The van der Waals surface area contributed by atoms with Crippen molar-refractivity contribution in [2.75, 3.05) is 20.8 Å². The molecule has 1 aromatic carbocycles. The van der Waals surface area contributed by atoms with Gasteiger partial charge in [-0.1, -0.05) is 19.1 Å². The number of ether oxygens (including phenoxy) is 1. The maximum Gasteiger partial charge on any atom is 0.137 e. The van der Waals surface area contributed by atoms with E-state index in [1.54, 1.807) is 13.2 Å². The number of hydrogen-bond acceptors (Lipinski definition) is 2. The van der Waals surface area contributed by atoms with Gasteiger partial charge in [-0.15, -0.1) is 0 Å². The zero-order valence-corrected chi connectivity index (χ0v) is 12.8. The Bertz CT molecular complexity index is 373. The van der Waals surface area contributed by atoms with Crippen molar-refractivity contribution in [1.82, 2.24) is 5.32 Å². The van der Waals surface area contributed by atoms with Crippen LogP contribution in [0.2, 0.25) is 0 Å². The Labute approximate surface area is 117 Å². The predicted octanol–water partition coefficient (Wildman–Crippen LogP) is 3.39. The summed E-state index contributed by atoms with van der Waals surface area (Å²) in [5, 5.41) is 3.29. The summed E-state index contributed by atoms with van der Waals surface area (Å²) in [6.07, 6.45) is 1.82. The number of halogens is 2. The predicted molar refractivity (Wildman–Crippen MR) is 76.3 cm³/mol. The molecule has 0 saturated carbocycles.